The van der Waals surface area contributed by atoms with Gasteiger partial charge in [-0.15, -0.1) is 0 Å². The molecule has 0 aliphatic carbocycles. The van der Waals surface area contributed by atoms with Gasteiger partial charge >= 0.3 is 6.18 Å². The first-order chi connectivity index (χ1) is 20.1. The molecule has 12 heteroatoms. The summed E-state index contributed by atoms with van der Waals surface area (Å²) in [5.41, 5.74) is 3.32. The topological polar surface area (TPSA) is 89.7 Å². The molecule has 2 atom stereocenters. The van der Waals surface area contributed by atoms with Gasteiger partial charge in [0.2, 0.25) is 0 Å². The lowest BCUT2D eigenvalue weighted by atomic mass is 9.99. The maximum atomic E-state index is 13.1. The number of thiazole rings is 1. The molecule has 2 aliphatic rings. The molecular formula is C30H35F3N6O2S. The maximum absolute atomic E-state index is 13.1. The van der Waals surface area contributed by atoms with Crippen molar-refractivity contribution in [2.75, 3.05) is 31.5 Å². The van der Waals surface area contributed by atoms with Crippen LogP contribution >= 0.6 is 11.3 Å². The predicted octanol–water partition coefficient (Wildman–Crippen LogP) is 4.81. The minimum absolute atomic E-state index is 0.293. The Morgan fingerprint density at radius 2 is 1.76 bits per heavy atom. The molecule has 2 aromatic carbocycles. The Morgan fingerprint density at radius 1 is 1.02 bits per heavy atom. The standard InChI is InChI=1S/C30H35F3N6O2S/c1-19(40)38-15-12-26-24(18-38)28(20-6-8-21(9-7-20)30(31,32)33)36-39(26)17-23(41)16-37-13-10-22(11-14-37)34-29-35-25-4-2-3-5-27(25)42-29/h2-9,19,22-23,40-41H,10-18H2,1H3,(H,34,35). The molecule has 2 aliphatic heterocycles. The van der Waals surface area contributed by atoms with Gasteiger partial charge in [0.15, 0.2) is 5.13 Å². The van der Waals surface area contributed by atoms with Crippen LogP contribution in [0.25, 0.3) is 21.5 Å². The number of nitrogens with one attached hydrogen (secondary N) is 1. The number of piperidine rings is 1. The average Bonchev–Trinajstić information content (AvgIpc) is 3.54. The number of alkyl halides is 3. The summed E-state index contributed by atoms with van der Waals surface area (Å²) in [4.78, 5) is 8.86. The van der Waals surface area contributed by atoms with Crippen LogP contribution in [0, 0.1) is 0 Å². The van der Waals surface area contributed by atoms with Crippen LogP contribution in [0.15, 0.2) is 48.5 Å². The average molecular weight is 601 g/mol. The number of fused-ring (bicyclic) bond motifs is 2. The molecule has 8 nitrogen and oxygen atoms in total. The second kappa shape index (κ2) is 11.9. The van der Waals surface area contributed by atoms with Gasteiger partial charge in [0, 0.05) is 62.0 Å². The number of aromatic nitrogens is 3. The zero-order valence-electron chi connectivity index (χ0n) is 23.4. The lowest BCUT2D eigenvalue weighted by Crippen LogP contribution is -2.43. The lowest BCUT2D eigenvalue weighted by Gasteiger charge is -2.33. The molecule has 0 amide bonds. The summed E-state index contributed by atoms with van der Waals surface area (Å²) in [7, 11) is 0. The summed E-state index contributed by atoms with van der Waals surface area (Å²) in [5, 5.41) is 30.6. The molecule has 0 bridgehead atoms. The molecule has 0 saturated carbocycles. The lowest BCUT2D eigenvalue weighted by molar-refractivity contribution is -0.137. The van der Waals surface area contributed by atoms with Crippen molar-refractivity contribution in [3.63, 3.8) is 0 Å². The summed E-state index contributed by atoms with van der Waals surface area (Å²) in [5.74, 6) is 0. The summed E-state index contributed by atoms with van der Waals surface area (Å²) < 4.78 is 42.4. The van der Waals surface area contributed by atoms with Gasteiger partial charge in [0.25, 0.3) is 0 Å². The van der Waals surface area contributed by atoms with E-state index >= 15 is 0 Å². The van der Waals surface area contributed by atoms with E-state index in [2.05, 4.69) is 21.3 Å². The summed E-state index contributed by atoms with van der Waals surface area (Å²) in [6.45, 7) is 5.30. The van der Waals surface area contributed by atoms with E-state index in [4.69, 9.17) is 5.10 Å². The minimum Gasteiger partial charge on any atom is -0.390 e. The molecule has 2 aromatic heterocycles. The fraction of sp³-hybridized carbons (Fsp3) is 0.467. The minimum atomic E-state index is -4.41. The number of nitrogens with zero attached hydrogens (tertiary/aromatic N) is 5. The number of aliphatic hydroxyl groups is 2. The van der Waals surface area contributed by atoms with Crippen molar-refractivity contribution in [1.29, 1.82) is 0 Å². The third-order valence-electron chi connectivity index (χ3n) is 8.24. The molecule has 6 rings (SSSR count). The number of benzene rings is 2. The van der Waals surface area contributed by atoms with Gasteiger partial charge in [-0.2, -0.15) is 18.3 Å². The quantitative estimate of drug-likeness (QED) is 0.268. The van der Waals surface area contributed by atoms with E-state index in [1.807, 2.05) is 27.8 Å². The highest BCUT2D eigenvalue weighted by atomic mass is 32.1. The van der Waals surface area contributed by atoms with E-state index in [-0.39, 0.29) is 0 Å². The van der Waals surface area contributed by atoms with Crippen molar-refractivity contribution < 1.29 is 23.4 Å². The van der Waals surface area contributed by atoms with Crippen molar-refractivity contribution in [3.05, 3.63) is 65.4 Å². The third kappa shape index (κ3) is 6.32. The third-order valence-corrected chi connectivity index (χ3v) is 9.21. The zero-order chi connectivity index (χ0) is 29.4. The van der Waals surface area contributed by atoms with Gasteiger partial charge in [0.1, 0.15) is 6.23 Å². The molecule has 2 unspecified atom stereocenters. The summed E-state index contributed by atoms with van der Waals surface area (Å²) >= 11 is 1.67. The Bertz CT molecular complexity index is 1480. The van der Waals surface area contributed by atoms with E-state index in [1.54, 1.807) is 18.3 Å². The molecule has 1 saturated heterocycles. The fourth-order valence-corrected chi connectivity index (χ4v) is 6.90. The van der Waals surface area contributed by atoms with Crippen LogP contribution in [0.5, 0.6) is 0 Å². The highest BCUT2D eigenvalue weighted by Gasteiger charge is 2.32. The highest BCUT2D eigenvalue weighted by Crippen LogP contribution is 2.34. The summed E-state index contributed by atoms with van der Waals surface area (Å²) in [6, 6.07) is 13.5. The van der Waals surface area contributed by atoms with Gasteiger partial charge in [0.05, 0.1) is 34.1 Å². The molecule has 42 heavy (non-hydrogen) atoms. The first-order valence-corrected chi connectivity index (χ1v) is 15.2. The predicted molar refractivity (Wildman–Crippen MR) is 157 cm³/mol. The van der Waals surface area contributed by atoms with Crippen LogP contribution in [-0.2, 0) is 25.7 Å². The van der Waals surface area contributed by atoms with E-state index in [0.717, 1.165) is 60.0 Å². The first kappa shape index (κ1) is 29.1. The number of hydrogen-bond donors (Lipinski definition) is 3. The van der Waals surface area contributed by atoms with Crippen molar-refractivity contribution in [2.45, 2.75) is 63.8 Å². The number of anilines is 1. The van der Waals surface area contributed by atoms with Crippen LogP contribution in [0.1, 0.15) is 36.6 Å². The number of β-amino-alcohol motifs (C(OH)–C–C–N with tert-alkyl or cyclic N) is 1. The molecule has 0 spiro atoms. The second-order valence-corrected chi connectivity index (χ2v) is 12.3. The van der Waals surface area contributed by atoms with E-state index in [9.17, 15) is 23.4 Å². The number of hydrogen-bond acceptors (Lipinski definition) is 8. The van der Waals surface area contributed by atoms with Crippen molar-refractivity contribution in [3.8, 4) is 11.3 Å². The van der Waals surface area contributed by atoms with Crippen molar-refractivity contribution >= 4 is 26.7 Å². The largest absolute Gasteiger partial charge is 0.416 e. The van der Waals surface area contributed by atoms with Crippen LogP contribution in [0.3, 0.4) is 0 Å². The van der Waals surface area contributed by atoms with Crippen LogP contribution in [-0.4, -0.2) is 79.3 Å². The number of likely N-dealkylation sites (tertiary alicyclic amines) is 1. The molecule has 0 radical (unpaired) electrons. The first-order valence-electron chi connectivity index (χ1n) is 14.3. The Balaban J connectivity index is 1.10. The number of rotatable bonds is 8. The normalized spacial score (nSPS) is 18.7. The molecule has 1 fully saturated rings. The van der Waals surface area contributed by atoms with Crippen molar-refractivity contribution in [2.24, 2.45) is 0 Å². The maximum Gasteiger partial charge on any atom is 0.416 e. The van der Waals surface area contributed by atoms with Crippen molar-refractivity contribution in [1.82, 2.24) is 24.6 Å². The monoisotopic (exact) mass is 600 g/mol. The molecule has 4 heterocycles. The Morgan fingerprint density at radius 3 is 2.45 bits per heavy atom. The van der Waals surface area contributed by atoms with Crippen LogP contribution in [0.2, 0.25) is 0 Å². The summed E-state index contributed by atoms with van der Waals surface area (Å²) in [6.07, 6.45) is -3.19. The molecular weight excluding hydrogens is 565 g/mol. The number of halogens is 3. The van der Waals surface area contributed by atoms with E-state index < -0.39 is 24.1 Å². The van der Waals surface area contributed by atoms with Gasteiger partial charge in [-0.3, -0.25) is 9.58 Å². The Kier molecular flexibility index (Phi) is 8.25. The zero-order valence-corrected chi connectivity index (χ0v) is 24.2. The molecule has 4 aromatic rings. The van der Waals surface area contributed by atoms with Gasteiger partial charge < -0.3 is 20.4 Å². The Hall–Kier alpha value is -3.03. The van der Waals surface area contributed by atoms with Crippen LogP contribution in [0.4, 0.5) is 18.3 Å². The smallest absolute Gasteiger partial charge is 0.390 e. The number of para-hydroxylation sites is 1. The molecule has 224 valence electrons. The van der Waals surface area contributed by atoms with Gasteiger partial charge in [-0.25, -0.2) is 4.98 Å². The van der Waals surface area contributed by atoms with Gasteiger partial charge in [-0.05, 0) is 44.0 Å². The van der Waals surface area contributed by atoms with E-state index in [1.165, 1.54) is 16.8 Å². The SMILES string of the molecule is CC(O)N1CCc2c(c(-c3ccc(C(F)(F)F)cc3)nn2CC(O)CN2CCC(Nc3nc4ccccc4s3)CC2)C1. The fourth-order valence-electron chi connectivity index (χ4n) is 5.95. The Labute approximate surface area is 246 Å². The van der Waals surface area contributed by atoms with E-state index in [0.29, 0.717) is 49.9 Å². The van der Waals surface area contributed by atoms with Crippen LogP contribution < -0.4 is 5.32 Å². The highest BCUT2D eigenvalue weighted by molar-refractivity contribution is 7.22. The van der Waals surface area contributed by atoms with Gasteiger partial charge in [-0.1, -0.05) is 35.6 Å². The molecule has 3 N–H and O–H groups in total. The second-order valence-electron chi connectivity index (χ2n) is 11.2. The number of aliphatic hydroxyl groups excluding tert-OH is 2.